The number of epoxide rings is 1. The van der Waals surface area contributed by atoms with E-state index in [1.54, 1.807) is 0 Å². The summed E-state index contributed by atoms with van der Waals surface area (Å²) in [4.78, 5) is 28.1. The first kappa shape index (κ1) is 27.4. The molecule has 0 aromatic heterocycles. The summed E-state index contributed by atoms with van der Waals surface area (Å²) in [6, 6.07) is 22.2. The summed E-state index contributed by atoms with van der Waals surface area (Å²) in [5.74, 6) is -0.0530. The number of morpholine rings is 1. The number of likely N-dealkylation sites (N-methyl/N-ethyl adjacent to an activating group) is 1. The minimum absolute atomic E-state index is 0.0257. The summed E-state index contributed by atoms with van der Waals surface area (Å²) in [5, 5.41) is 15.3. The molecule has 3 aromatic carbocycles. The molecule has 3 heterocycles. The molecule has 3 aliphatic heterocycles. The Labute approximate surface area is 240 Å². The second-order valence-corrected chi connectivity index (χ2v) is 11.4. The molecule has 8 heteroatoms. The molecule has 41 heavy (non-hydrogen) atoms. The standard InChI is InChI=1S/C33H37N3O5/c1-20-15-22(19-37)12-14-26(20)34-30(38)10-6-7-21-11-13-25(23-8-4-3-5-9-23)27(16-21)35-33(39)40-24-17-28-31-32(41-31)29(18-24)36(28)2/h3-5,8-9,11-16,24,28-29,31-32,37H,6-7,10,17-19H2,1-2H3,(H,34,38)(H,35,39)/t24-,28-,29-,31-,32+/m0/s1. The van der Waals surface area contributed by atoms with E-state index < -0.39 is 6.09 Å². The number of amides is 2. The molecule has 3 saturated heterocycles. The van der Waals surface area contributed by atoms with Crippen LogP contribution in [0.4, 0.5) is 16.2 Å². The van der Waals surface area contributed by atoms with Crippen LogP contribution in [-0.4, -0.2) is 59.5 Å². The van der Waals surface area contributed by atoms with Gasteiger partial charge in [-0.25, -0.2) is 4.79 Å². The van der Waals surface area contributed by atoms with E-state index in [0.717, 1.165) is 46.3 Å². The molecule has 0 saturated carbocycles. The Hall–Kier alpha value is -3.72. The van der Waals surface area contributed by atoms with Crippen molar-refractivity contribution in [2.24, 2.45) is 0 Å². The molecule has 0 spiro atoms. The Morgan fingerprint density at radius 1 is 0.951 bits per heavy atom. The fourth-order valence-electron chi connectivity index (χ4n) is 6.44. The van der Waals surface area contributed by atoms with Gasteiger partial charge in [-0.05, 0) is 61.2 Å². The van der Waals surface area contributed by atoms with Crippen molar-refractivity contribution in [3.8, 4) is 11.1 Å². The highest BCUT2D eigenvalue weighted by molar-refractivity contribution is 5.92. The van der Waals surface area contributed by atoms with Crippen molar-refractivity contribution in [1.82, 2.24) is 4.90 Å². The number of carbonyl (C=O) groups is 2. The molecule has 2 bridgehead atoms. The Kier molecular flexibility index (Phi) is 7.79. The molecule has 0 radical (unpaired) electrons. The van der Waals surface area contributed by atoms with E-state index in [9.17, 15) is 14.7 Å². The van der Waals surface area contributed by atoms with E-state index in [2.05, 4.69) is 28.6 Å². The van der Waals surface area contributed by atoms with E-state index in [1.165, 1.54) is 0 Å². The van der Waals surface area contributed by atoms with Crippen LogP contribution in [0.3, 0.4) is 0 Å². The van der Waals surface area contributed by atoms with Crippen LogP contribution >= 0.6 is 0 Å². The molecule has 3 aliphatic rings. The van der Waals surface area contributed by atoms with E-state index in [4.69, 9.17) is 9.47 Å². The maximum atomic E-state index is 13.1. The van der Waals surface area contributed by atoms with Crippen LogP contribution in [0.2, 0.25) is 0 Å². The maximum Gasteiger partial charge on any atom is 0.411 e. The van der Waals surface area contributed by atoms with Crippen molar-refractivity contribution in [3.05, 3.63) is 83.4 Å². The summed E-state index contributed by atoms with van der Waals surface area (Å²) in [7, 11) is 2.14. The van der Waals surface area contributed by atoms with E-state index in [1.807, 2.05) is 67.6 Å². The first-order valence-electron chi connectivity index (χ1n) is 14.4. The molecule has 3 N–H and O–H groups in total. The summed E-state index contributed by atoms with van der Waals surface area (Å²) < 4.78 is 11.7. The van der Waals surface area contributed by atoms with Crippen LogP contribution in [0, 0.1) is 6.92 Å². The van der Waals surface area contributed by atoms with Crippen LogP contribution in [0.15, 0.2) is 66.7 Å². The number of rotatable bonds is 9. The average molecular weight is 556 g/mol. The highest BCUT2D eigenvalue weighted by atomic mass is 16.6. The normalized spacial score (nSPS) is 24.4. The van der Waals surface area contributed by atoms with Gasteiger partial charge >= 0.3 is 6.09 Å². The third kappa shape index (κ3) is 6.00. The quantitative estimate of drug-likeness (QED) is 0.311. The van der Waals surface area contributed by atoms with Gasteiger partial charge in [-0.2, -0.15) is 0 Å². The number of aliphatic hydroxyl groups excluding tert-OH is 1. The molecule has 3 aromatic rings. The van der Waals surface area contributed by atoms with Crippen LogP contribution in [0.25, 0.3) is 11.1 Å². The number of piperidine rings is 1. The van der Waals surface area contributed by atoms with Gasteiger partial charge in [0, 0.05) is 42.6 Å². The van der Waals surface area contributed by atoms with Crippen LogP contribution in [0.5, 0.6) is 0 Å². The van der Waals surface area contributed by atoms with Gasteiger partial charge in [0.25, 0.3) is 0 Å². The minimum Gasteiger partial charge on any atom is -0.446 e. The first-order valence-corrected chi connectivity index (χ1v) is 14.4. The number of nitrogens with zero attached hydrogens (tertiary/aromatic N) is 1. The number of ether oxygens (including phenoxy) is 2. The summed E-state index contributed by atoms with van der Waals surface area (Å²) in [5.41, 5.74) is 6.15. The van der Waals surface area contributed by atoms with Crippen molar-refractivity contribution in [2.45, 2.75) is 76.0 Å². The van der Waals surface area contributed by atoms with Gasteiger partial charge in [-0.1, -0.05) is 54.6 Å². The summed E-state index contributed by atoms with van der Waals surface area (Å²) >= 11 is 0. The second-order valence-electron chi connectivity index (χ2n) is 11.4. The number of aliphatic hydroxyl groups is 1. The van der Waals surface area contributed by atoms with Crippen molar-refractivity contribution >= 4 is 23.4 Å². The summed E-state index contributed by atoms with van der Waals surface area (Å²) in [6.07, 6.45) is 3.33. The van der Waals surface area contributed by atoms with Gasteiger partial charge < -0.3 is 19.9 Å². The molecule has 2 amide bonds. The number of nitrogens with one attached hydrogen (secondary N) is 2. The number of fused-ring (bicyclic) bond motifs is 5. The zero-order chi connectivity index (χ0) is 28.5. The third-order valence-electron chi connectivity index (χ3n) is 8.67. The third-order valence-corrected chi connectivity index (χ3v) is 8.67. The highest BCUT2D eigenvalue weighted by Gasteiger charge is 2.62. The monoisotopic (exact) mass is 555 g/mol. The van der Waals surface area contributed by atoms with Crippen LogP contribution in [-0.2, 0) is 27.3 Å². The van der Waals surface area contributed by atoms with Gasteiger partial charge in [0.1, 0.15) is 18.3 Å². The molecular formula is C33H37N3O5. The Balaban J connectivity index is 1.08. The Morgan fingerprint density at radius 3 is 2.39 bits per heavy atom. The number of benzene rings is 3. The smallest absolute Gasteiger partial charge is 0.411 e. The van der Waals surface area contributed by atoms with Crippen molar-refractivity contribution in [1.29, 1.82) is 0 Å². The van der Waals surface area contributed by atoms with E-state index in [-0.39, 0.29) is 18.6 Å². The Morgan fingerprint density at radius 2 is 1.68 bits per heavy atom. The molecule has 0 aliphatic carbocycles. The molecule has 6 rings (SSSR count). The lowest BCUT2D eigenvalue weighted by Crippen LogP contribution is -2.48. The second kappa shape index (κ2) is 11.6. The number of anilines is 2. The molecule has 8 nitrogen and oxygen atoms in total. The maximum absolute atomic E-state index is 13.1. The average Bonchev–Trinajstić information content (AvgIpc) is 3.73. The predicted molar refractivity (Wildman–Crippen MR) is 158 cm³/mol. The molecule has 5 atom stereocenters. The van der Waals surface area contributed by atoms with E-state index >= 15 is 0 Å². The summed E-state index contributed by atoms with van der Waals surface area (Å²) in [6.45, 7) is 1.89. The molecular weight excluding hydrogens is 518 g/mol. The van der Waals surface area contributed by atoms with Crippen molar-refractivity contribution in [2.75, 3.05) is 17.7 Å². The lowest BCUT2D eigenvalue weighted by atomic mass is 9.99. The fraction of sp³-hybridized carbons (Fsp3) is 0.394. The number of hydrogen-bond donors (Lipinski definition) is 3. The lowest BCUT2D eigenvalue weighted by Gasteiger charge is -2.37. The molecule has 0 unspecified atom stereocenters. The zero-order valence-electron chi connectivity index (χ0n) is 23.5. The zero-order valence-corrected chi connectivity index (χ0v) is 23.5. The van der Waals surface area contributed by atoms with Crippen molar-refractivity contribution in [3.63, 3.8) is 0 Å². The number of carbonyl (C=O) groups excluding carboxylic acids is 2. The number of hydrogen-bond acceptors (Lipinski definition) is 6. The van der Waals surface area contributed by atoms with E-state index in [0.29, 0.717) is 49.2 Å². The van der Waals surface area contributed by atoms with Gasteiger partial charge in [0.2, 0.25) is 5.91 Å². The minimum atomic E-state index is -0.440. The highest BCUT2D eigenvalue weighted by Crippen LogP contribution is 2.48. The van der Waals surface area contributed by atoms with Crippen LogP contribution in [0.1, 0.15) is 42.4 Å². The van der Waals surface area contributed by atoms with Gasteiger partial charge in [-0.3, -0.25) is 15.0 Å². The topological polar surface area (TPSA) is 103 Å². The van der Waals surface area contributed by atoms with Crippen LogP contribution < -0.4 is 10.6 Å². The van der Waals surface area contributed by atoms with Crippen molar-refractivity contribution < 1.29 is 24.2 Å². The first-order chi connectivity index (χ1) is 19.9. The van der Waals surface area contributed by atoms with Gasteiger partial charge in [0.15, 0.2) is 0 Å². The predicted octanol–water partition coefficient (Wildman–Crippen LogP) is 5.28. The lowest BCUT2D eigenvalue weighted by molar-refractivity contribution is -0.116. The van der Waals surface area contributed by atoms with Gasteiger partial charge in [-0.15, -0.1) is 0 Å². The SMILES string of the molecule is Cc1cc(CO)ccc1NC(=O)CCCc1ccc(-c2ccccc2)c(NC(=O)O[C@H]2C[C@H]3[C@@H]4O[C@@H]4[C@H](C2)N3C)c1. The fourth-order valence-corrected chi connectivity index (χ4v) is 6.44. The Bertz CT molecular complexity index is 1410. The number of aryl methyl sites for hydroxylation is 2. The molecule has 3 fully saturated rings. The van der Waals surface area contributed by atoms with Gasteiger partial charge in [0.05, 0.1) is 12.3 Å². The largest absolute Gasteiger partial charge is 0.446 e. The molecule has 214 valence electrons.